The lowest BCUT2D eigenvalue weighted by Crippen LogP contribution is -2.80. The van der Waals surface area contributed by atoms with Gasteiger partial charge in [0.05, 0.1) is 24.2 Å². The van der Waals surface area contributed by atoms with E-state index in [1.807, 2.05) is 0 Å². The van der Waals surface area contributed by atoms with E-state index in [0.29, 0.717) is 37.3 Å². The zero-order chi connectivity index (χ0) is 25.0. The van der Waals surface area contributed by atoms with Gasteiger partial charge >= 0.3 is 10.3 Å². The molecule has 0 aliphatic heterocycles. The van der Waals surface area contributed by atoms with Crippen LogP contribution in [0.3, 0.4) is 0 Å². The molecule has 0 fully saturated rings. The van der Waals surface area contributed by atoms with E-state index in [0.717, 1.165) is 21.8 Å². The molecule has 31 heavy (non-hydrogen) atoms. The van der Waals surface area contributed by atoms with E-state index < -0.39 is 10.4 Å². The largest absolute Gasteiger partial charge is 0.759 e. The van der Waals surface area contributed by atoms with Crippen LogP contribution >= 0.6 is 23.5 Å². The molecule has 0 saturated heterocycles. The quantitative estimate of drug-likeness (QED) is 0.0909. The number of nitrogens with one attached hydrogen (secondary N) is 4. The summed E-state index contributed by atoms with van der Waals surface area (Å²) in [5, 5.41) is 8.99. The first-order valence-electron chi connectivity index (χ1n) is 10.2. The van der Waals surface area contributed by atoms with E-state index >= 15 is 0 Å². The molecule has 0 aliphatic rings. The predicted molar refractivity (Wildman–Crippen MR) is 132 cm³/mol. The second-order valence-electron chi connectivity index (χ2n) is 7.54. The van der Waals surface area contributed by atoms with Crippen LogP contribution in [0.15, 0.2) is 0 Å². The Labute approximate surface area is 197 Å². The molecule has 0 amide bonds. The smallest absolute Gasteiger partial charge is 0.304 e. The summed E-state index contributed by atoms with van der Waals surface area (Å²) in [6.07, 6.45) is 0. The van der Waals surface area contributed by atoms with E-state index in [1.165, 1.54) is 0 Å². The summed E-state index contributed by atoms with van der Waals surface area (Å²) < 4.78 is 34.1. The minimum absolute atomic E-state index is 0.464. The number of hydrogen-bond acceptors (Lipinski definition) is 8. The lowest BCUT2D eigenvalue weighted by Gasteiger charge is -2.06. The highest BCUT2D eigenvalue weighted by Gasteiger charge is 2.10. The lowest BCUT2D eigenvalue weighted by molar-refractivity contribution is -0.493. The lowest BCUT2D eigenvalue weighted by atomic mass is 10.4. The van der Waals surface area contributed by atoms with Crippen molar-refractivity contribution in [1.29, 1.82) is 0 Å². The van der Waals surface area contributed by atoms with Gasteiger partial charge in [0.15, 0.2) is 0 Å². The molecule has 0 saturated carbocycles. The summed E-state index contributed by atoms with van der Waals surface area (Å²) in [5.41, 5.74) is 10.9. The Bertz CT molecular complexity index is 539. The summed E-state index contributed by atoms with van der Waals surface area (Å²) in [4.78, 5) is 6.72. The third kappa shape index (κ3) is 40.3. The SMILES string of the molecule is CC(C)NC(=[NH+]C(C)C)SCCN.CC(C)NC(=[NH+]C(C)C)SCCN.O=S(=O)([O-])[O-]. The number of rotatable bonds is 8. The highest BCUT2D eigenvalue weighted by Crippen LogP contribution is 1.96. The zero-order valence-corrected chi connectivity index (χ0v) is 22.6. The molecule has 0 aromatic rings. The van der Waals surface area contributed by atoms with E-state index in [4.69, 9.17) is 29.0 Å². The molecule has 10 nitrogen and oxygen atoms in total. The standard InChI is InChI=1S/2C9H21N3S.H2O4S/c2*1-7(2)11-9(12-8(3)4)13-6-5-10;1-5(2,3)4/h2*7-8H,5-6,10H2,1-4H3,(H,11,12);(H2,1,2,3,4). The number of thioether (sulfide) groups is 2. The molecule has 188 valence electrons. The van der Waals surface area contributed by atoms with Crippen molar-refractivity contribution in [2.45, 2.75) is 79.6 Å². The van der Waals surface area contributed by atoms with E-state index in [-0.39, 0.29) is 0 Å². The first-order chi connectivity index (χ1) is 14.1. The maximum Gasteiger partial charge on any atom is 0.304 e. The van der Waals surface area contributed by atoms with Crippen LogP contribution in [0.5, 0.6) is 0 Å². The summed E-state index contributed by atoms with van der Waals surface area (Å²) >= 11 is 3.50. The van der Waals surface area contributed by atoms with Gasteiger partial charge in [-0.3, -0.25) is 29.0 Å². The average molecular weight is 505 g/mol. The molecule has 0 aromatic heterocycles. The Balaban J connectivity index is -0.000000416. The number of amidine groups is 2. The van der Waals surface area contributed by atoms with Gasteiger partial charge in [-0.2, -0.15) is 0 Å². The summed E-state index contributed by atoms with van der Waals surface area (Å²) in [6, 6.07) is 1.86. The fourth-order valence-electron chi connectivity index (χ4n) is 1.62. The van der Waals surface area contributed by atoms with Gasteiger partial charge < -0.3 is 20.6 Å². The first kappa shape index (κ1) is 35.0. The van der Waals surface area contributed by atoms with Gasteiger partial charge in [0, 0.05) is 35.0 Å². The topological polar surface area (TPSA) is 184 Å². The zero-order valence-electron chi connectivity index (χ0n) is 20.2. The third-order valence-corrected chi connectivity index (χ3v) is 4.34. The van der Waals surface area contributed by atoms with Crippen molar-refractivity contribution >= 4 is 44.3 Å². The highest BCUT2D eigenvalue weighted by atomic mass is 32.3. The average Bonchev–Trinajstić information content (AvgIpc) is 2.54. The normalized spacial score (nSPS) is 12.5. The maximum atomic E-state index is 8.52. The monoisotopic (exact) mass is 504 g/mol. The van der Waals surface area contributed by atoms with Crippen LogP contribution in [0.25, 0.3) is 0 Å². The summed E-state index contributed by atoms with van der Waals surface area (Å²) in [6.45, 7) is 18.5. The van der Waals surface area contributed by atoms with Crippen molar-refractivity contribution in [3.05, 3.63) is 0 Å². The number of hydrogen-bond donors (Lipinski definition) is 6. The van der Waals surface area contributed by atoms with Crippen LogP contribution in [-0.4, -0.2) is 76.6 Å². The minimum atomic E-state index is -5.17. The second kappa shape index (κ2) is 21.3. The molecule has 0 bridgehead atoms. The van der Waals surface area contributed by atoms with E-state index in [2.05, 4.69) is 76.0 Å². The Morgan fingerprint density at radius 1 is 0.774 bits per heavy atom. The maximum absolute atomic E-state index is 8.52. The number of nitrogens with two attached hydrogens (primary N) is 2. The van der Waals surface area contributed by atoms with Crippen LogP contribution in [-0.2, 0) is 10.4 Å². The van der Waals surface area contributed by atoms with Crippen LogP contribution in [0.4, 0.5) is 0 Å². The molecule has 0 heterocycles. The van der Waals surface area contributed by atoms with Gasteiger partial charge in [0.1, 0.15) is 0 Å². The van der Waals surface area contributed by atoms with Crippen molar-refractivity contribution in [3.63, 3.8) is 0 Å². The van der Waals surface area contributed by atoms with Crippen molar-refractivity contribution < 1.29 is 27.5 Å². The molecule has 0 radical (unpaired) electrons. The molecule has 0 aliphatic carbocycles. The second-order valence-corrected chi connectivity index (χ2v) is 10.6. The molecule has 0 spiro atoms. The van der Waals surface area contributed by atoms with E-state index in [1.54, 1.807) is 23.5 Å². The Kier molecular flexibility index (Phi) is 24.1. The van der Waals surface area contributed by atoms with Gasteiger partial charge in [-0.05, 0) is 78.9 Å². The van der Waals surface area contributed by atoms with Gasteiger partial charge in [0.2, 0.25) is 0 Å². The van der Waals surface area contributed by atoms with Crippen molar-refractivity contribution in [3.8, 4) is 0 Å². The van der Waals surface area contributed by atoms with Crippen LogP contribution in [0.2, 0.25) is 0 Å². The molecule has 0 rings (SSSR count). The Morgan fingerprint density at radius 3 is 1.19 bits per heavy atom. The molecule has 8 N–H and O–H groups in total. The van der Waals surface area contributed by atoms with Gasteiger partial charge in [0.25, 0.3) is 0 Å². The molecular weight excluding hydrogens is 460 g/mol. The fraction of sp³-hybridized carbons (Fsp3) is 0.889. The van der Waals surface area contributed by atoms with Crippen LogP contribution in [0.1, 0.15) is 55.4 Å². The van der Waals surface area contributed by atoms with Gasteiger partial charge in [-0.1, -0.05) is 0 Å². The van der Waals surface area contributed by atoms with Crippen LogP contribution in [0, 0.1) is 0 Å². The minimum Gasteiger partial charge on any atom is -0.759 e. The molecule has 0 aromatic carbocycles. The molecule has 13 heteroatoms. The highest BCUT2D eigenvalue weighted by molar-refractivity contribution is 8.13. The van der Waals surface area contributed by atoms with Gasteiger partial charge in [-0.15, -0.1) is 0 Å². The first-order valence-corrected chi connectivity index (χ1v) is 13.5. The molecule has 0 unspecified atom stereocenters. The van der Waals surface area contributed by atoms with Crippen molar-refractivity contribution in [2.75, 3.05) is 24.6 Å². The van der Waals surface area contributed by atoms with E-state index in [9.17, 15) is 0 Å². The van der Waals surface area contributed by atoms with Crippen LogP contribution < -0.4 is 32.1 Å². The summed E-state index contributed by atoms with van der Waals surface area (Å²) in [5.74, 6) is 1.91. The third-order valence-electron chi connectivity index (χ3n) is 2.41. The molecular formula is C18H44N6O4S3. The summed E-state index contributed by atoms with van der Waals surface area (Å²) in [7, 11) is -5.17. The molecule has 0 atom stereocenters. The fourth-order valence-corrected chi connectivity index (χ4v) is 3.54. The predicted octanol–water partition coefficient (Wildman–Crippen LogP) is -2.30. The van der Waals surface area contributed by atoms with Crippen molar-refractivity contribution in [2.24, 2.45) is 11.5 Å². The van der Waals surface area contributed by atoms with Crippen molar-refractivity contribution in [1.82, 2.24) is 10.6 Å². The van der Waals surface area contributed by atoms with Gasteiger partial charge in [-0.25, -0.2) is 0 Å². The Hall–Kier alpha value is -0.570. The Morgan fingerprint density at radius 2 is 1.03 bits per heavy atom.